The smallest absolute Gasteiger partial charge is 0.414 e. The highest BCUT2D eigenvalue weighted by Gasteiger charge is 2.20. The molecule has 0 aromatic heterocycles. The summed E-state index contributed by atoms with van der Waals surface area (Å²) in [6.07, 6.45) is -1.63. The van der Waals surface area contributed by atoms with E-state index in [2.05, 4.69) is 10.6 Å². The van der Waals surface area contributed by atoms with E-state index in [1.807, 2.05) is 0 Å². The molecule has 0 unspecified atom stereocenters. The first-order valence-corrected chi connectivity index (χ1v) is 6.40. The van der Waals surface area contributed by atoms with E-state index in [0.717, 1.165) is 6.92 Å². The summed E-state index contributed by atoms with van der Waals surface area (Å²) in [5.74, 6) is -1.33. The molecule has 0 rings (SSSR count). The van der Waals surface area contributed by atoms with Gasteiger partial charge < -0.3 is 14.6 Å². The predicted octanol–water partition coefficient (Wildman–Crippen LogP) is 2.06. The number of guanidine groups is 1. The van der Waals surface area contributed by atoms with Crippen LogP contribution >= 0.6 is 0 Å². The molecule has 0 aromatic carbocycles. The van der Waals surface area contributed by atoms with Crippen LogP contribution in [0.4, 0.5) is 9.59 Å². The highest BCUT2D eigenvalue weighted by Crippen LogP contribution is 2.07. The molecule has 0 aliphatic heterocycles. The van der Waals surface area contributed by atoms with E-state index < -0.39 is 35.3 Å². The molecule has 0 saturated carbocycles. The summed E-state index contributed by atoms with van der Waals surface area (Å²) >= 11 is 0. The van der Waals surface area contributed by atoms with Crippen LogP contribution in [-0.4, -0.2) is 40.4 Å². The highest BCUT2D eigenvalue weighted by molar-refractivity contribution is 5.99. The molecule has 0 saturated heterocycles. The molecule has 0 radical (unpaired) electrons. The Balaban J connectivity index is 0. The molecule has 0 spiro atoms. The minimum Gasteiger partial charge on any atom is -0.481 e. The van der Waals surface area contributed by atoms with Crippen molar-refractivity contribution in [2.24, 2.45) is 0 Å². The Labute approximate surface area is 129 Å². The Kier molecular flexibility index (Phi) is 8.84. The van der Waals surface area contributed by atoms with Gasteiger partial charge in [-0.2, -0.15) is 0 Å². The molecule has 0 atom stereocenters. The van der Waals surface area contributed by atoms with Crippen molar-refractivity contribution in [3.05, 3.63) is 0 Å². The van der Waals surface area contributed by atoms with Gasteiger partial charge in [0, 0.05) is 6.92 Å². The van der Waals surface area contributed by atoms with E-state index in [9.17, 15) is 9.59 Å². The zero-order valence-corrected chi connectivity index (χ0v) is 14.0. The summed E-state index contributed by atoms with van der Waals surface area (Å²) < 4.78 is 9.82. The summed E-state index contributed by atoms with van der Waals surface area (Å²) in [7, 11) is 0. The molecule has 128 valence electrons. The minimum absolute atomic E-state index is 0.501. The molecule has 9 nitrogen and oxygen atoms in total. The van der Waals surface area contributed by atoms with E-state index >= 15 is 0 Å². The number of carboxylic acids is 1. The number of hydrogen-bond donors (Lipinski definition) is 4. The van der Waals surface area contributed by atoms with Gasteiger partial charge in [0.25, 0.3) is 5.97 Å². The summed E-state index contributed by atoms with van der Waals surface area (Å²) in [4.78, 5) is 31.5. The fraction of sp³-hybridized carbons (Fsp3) is 0.692. The fourth-order valence-electron chi connectivity index (χ4n) is 0.843. The number of alkyl carbamates (subject to hydrolysis) is 2. The van der Waals surface area contributed by atoms with Crippen molar-refractivity contribution in [1.82, 2.24) is 10.6 Å². The van der Waals surface area contributed by atoms with Crippen molar-refractivity contribution in [3.8, 4) is 0 Å². The summed E-state index contributed by atoms with van der Waals surface area (Å²) in [6, 6.07) is 0. The number of nitrogens with one attached hydrogen (secondary N) is 3. The number of hydrogen-bond acceptors (Lipinski definition) is 6. The van der Waals surface area contributed by atoms with Crippen molar-refractivity contribution in [3.63, 3.8) is 0 Å². The van der Waals surface area contributed by atoms with Gasteiger partial charge in [-0.1, -0.05) is 0 Å². The van der Waals surface area contributed by atoms with Gasteiger partial charge in [0.15, 0.2) is 0 Å². The molecular weight excluding hydrogens is 294 g/mol. The van der Waals surface area contributed by atoms with Gasteiger partial charge in [0.1, 0.15) is 11.2 Å². The first-order chi connectivity index (χ1) is 9.62. The number of carbonyl (C=O) groups excluding carboxylic acids is 2. The number of rotatable bonds is 0. The second-order valence-electron chi connectivity index (χ2n) is 6.15. The lowest BCUT2D eigenvalue weighted by Gasteiger charge is -2.21. The summed E-state index contributed by atoms with van der Waals surface area (Å²) in [5, 5.41) is 18.9. The lowest BCUT2D eigenvalue weighted by molar-refractivity contribution is -0.134. The fourth-order valence-corrected chi connectivity index (χ4v) is 0.843. The molecular formula is C13H25N3O6. The molecule has 0 aromatic rings. The Morgan fingerprint density at radius 2 is 1.09 bits per heavy atom. The van der Waals surface area contributed by atoms with Crippen LogP contribution in [0.1, 0.15) is 48.5 Å². The molecule has 0 aliphatic carbocycles. The maximum Gasteiger partial charge on any atom is 0.414 e. The molecule has 9 heteroatoms. The van der Waals surface area contributed by atoms with Crippen LogP contribution in [-0.2, 0) is 14.3 Å². The molecule has 0 fully saturated rings. The number of amides is 2. The van der Waals surface area contributed by atoms with E-state index in [1.165, 1.54) is 0 Å². The van der Waals surface area contributed by atoms with Gasteiger partial charge in [-0.3, -0.25) is 20.8 Å². The van der Waals surface area contributed by atoms with Gasteiger partial charge in [-0.25, -0.2) is 9.59 Å². The topological polar surface area (TPSA) is 138 Å². The molecule has 4 N–H and O–H groups in total. The summed E-state index contributed by atoms with van der Waals surface area (Å²) in [6.45, 7) is 11.2. The van der Waals surface area contributed by atoms with Gasteiger partial charge in [0.05, 0.1) is 0 Å². The molecule has 0 aliphatic rings. The Hall–Kier alpha value is -2.32. The Morgan fingerprint density at radius 3 is 1.27 bits per heavy atom. The first kappa shape index (κ1) is 22.0. The molecule has 22 heavy (non-hydrogen) atoms. The zero-order chi connectivity index (χ0) is 18.1. The van der Waals surface area contributed by atoms with E-state index in [1.54, 1.807) is 41.5 Å². The number of carbonyl (C=O) groups is 3. The third-order valence-electron chi connectivity index (χ3n) is 1.25. The molecule has 0 heterocycles. The number of ether oxygens (including phenoxy) is 2. The van der Waals surface area contributed by atoms with Crippen LogP contribution in [0.2, 0.25) is 0 Å². The van der Waals surface area contributed by atoms with Gasteiger partial charge >= 0.3 is 12.2 Å². The van der Waals surface area contributed by atoms with Crippen LogP contribution in [0.15, 0.2) is 0 Å². The summed E-state index contributed by atoms with van der Waals surface area (Å²) in [5.41, 5.74) is -1.34. The van der Waals surface area contributed by atoms with Crippen LogP contribution in [0.25, 0.3) is 0 Å². The largest absolute Gasteiger partial charge is 0.481 e. The third kappa shape index (κ3) is 20.0. The van der Waals surface area contributed by atoms with Crippen LogP contribution < -0.4 is 10.6 Å². The third-order valence-corrected chi connectivity index (χ3v) is 1.25. The van der Waals surface area contributed by atoms with E-state index in [0.29, 0.717) is 0 Å². The normalized spacial score (nSPS) is 10.5. The monoisotopic (exact) mass is 319 g/mol. The van der Waals surface area contributed by atoms with Crippen LogP contribution in [0, 0.1) is 5.41 Å². The molecule has 2 amide bonds. The standard InChI is InChI=1S/C11H21N3O4.C2H4O2/c1-10(2,3)17-8(15)13-7(12)14-9(16)18-11(4,5)6;1-2(3)4/h1-6H3,(H3,12,13,14,15,16);1H3,(H,3,4). The van der Waals surface area contributed by atoms with Crippen molar-refractivity contribution < 1.29 is 29.0 Å². The number of carboxylic acid groups (broad SMARTS) is 1. The Morgan fingerprint density at radius 1 is 0.864 bits per heavy atom. The first-order valence-electron chi connectivity index (χ1n) is 6.40. The average Bonchev–Trinajstić information content (AvgIpc) is 2.07. The lowest BCUT2D eigenvalue weighted by Crippen LogP contribution is -2.46. The number of aliphatic carboxylic acids is 1. The van der Waals surface area contributed by atoms with Crippen LogP contribution in [0.5, 0.6) is 0 Å². The molecule has 0 bridgehead atoms. The van der Waals surface area contributed by atoms with E-state index in [-0.39, 0.29) is 0 Å². The quantitative estimate of drug-likeness (QED) is 0.398. The predicted molar refractivity (Wildman–Crippen MR) is 79.8 cm³/mol. The van der Waals surface area contributed by atoms with Crippen molar-refractivity contribution in [1.29, 1.82) is 5.41 Å². The van der Waals surface area contributed by atoms with Crippen molar-refractivity contribution in [2.75, 3.05) is 0 Å². The second kappa shape index (κ2) is 8.85. The SMILES string of the molecule is CC(=O)O.CC(C)(C)OC(=O)NC(=N)NC(=O)OC(C)(C)C. The van der Waals surface area contributed by atoms with Gasteiger partial charge in [-0.15, -0.1) is 0 Å². The average molecular weight is 319 g/mol. The van der Waals surface area contributed by atoms with Crippen molar-refractivity contribution >= 4 is 24.1 Å². The van der Waals surface area contributed by atoms with Crippen molar-refractivity contribution in [2.45, 2.75) is 59.7 Å². The maximum atomic E-state index is 11.3. The highest BCUT2D eigenvalue weighted by atomic mass is 16.6. The zero-order valence-electron chi connectivity index (χ0n) is 14.0. The maximum absolute atomic E-state index is 11.3. The Bertz CT molecular complexity index is 384. The minimum atomic E-state index is -0.833. The van der Waals surface area contributed by atoms with Gasteiger partial charge in [0.2, 0.25) is 5.96 Å². The lowest BCUT2D eigenvalue weighted by atomic mass is 10.2. The van der Waals surface area contributed by atoms with Gasteiger partial charge in [-0.05, 0) is 41.5 Å². The second-order valence-corrected chi connectivity index (χ2v) is 6.15. The van der Waals surface area contributed by atoms with E-state index in [4.69, 9.17) is 24.8 Å². The van der Waals surface area contributed by atoms with Crippen LogP contribution in [0.3, 0.4) is 0 Å².